The third kappa shape index (κ3) is 2.20. The van der Waals surface area contributed by atoms with E-state index < -0.39 is 0 Å². The van der Waals surface area contributed by atoms with E-state index in [1.807, 2.05) is 4.57 Å². The molecule has 16 heavy (non-hydrogen) atoms. The lowest BCUT2D eigenvalue weighted by Gasteiger charge is -2.13. The molecule has 2 heterocycles. The Morgan fingerprint density at radius 3 is 3.06 bits per heavy atom. The highest BCUT2D eigenvalue weighted by molar-refractivity contribution is 7.80. The summed E-state index contributed by atoms with van der Waals surface area (Å²) in [5, 5.41) is 3.19. The predicted octanol–water partition coefficient (Wildman–Crippen LogP) is 1.53. The Hall–Kier alpha value is -0.680. The molecule has 6 heteroatoms. The number of nitrogens with zero attached hydrogens (tertiary/aromatic N) is 2. The Morgan fingerprint density at radius 1 is 1.56 bits per heavy atom. The van der Waals surface area contributed by atoms with Gasteiger partial charge in [0.05, 0.1) is 0 Å². The zero-order chi connectivity index (χ0) is 11.5. The molecule has 0 fully saturated rings. The number of aromatic nitrogens is 2. The number of rotatable bonds is 3. The number of carbonyl (C=O) groups excluding carboxylic acids is 1. The number of amides is 1. The molecule has 1 aliphatic rings. The Balaban J connectivity index is 2.21. The molecule has 1 aromatic rings. The second-order valence-corrected chi connectivity index (χ2v) is 4.56. The Morgan fingerprint density at radius 2 is 2.38 bits per heavy atom. The van der Waals surface area contributed by atoms with Crippen LogP contribution in [0.25, 0.3) is 0 Å². The standard InChI is InChI=1S/C10H14ClN3OS/c11-9-8(10(15)12-4-6-16)13-7-3-1-2-5-14(7)9/h16H,1-6H2,(H,12,15). The van der Waals surface area contributed by atoms with Crippen molar-refractivity contribution in [2.24, 2.45) is 0 Å². The molecule has 0 radical (unpaired) electrons. The van der Waals surface area contributed by atoms with E-state index in [9.17, 15) is 4.79 Å². The molecular weight excluding hydrogens is 246 g/mol. The normalized spacial score (nSPS) is 14.6. The number of hydrogen-bond acceptors (Lipinski definition) is 3. The van der Waals surface area contributed by atoms with Crippen LogP contribution in [0.2, 0.25) is 5.15 Å². The molecule has 0 saturated carbocycles. The summed E-state index contributed by atoms with van der Waals surface area (Å²) in [4.78, 5) is 16.0. The minimum absolute atomic E-state index is 0.207. The van der Waals surface area contributed by atoms with Crippen LogP contribution < -0.4 is 5.32 Å². The van der Waals surface area contributed by atoms with Crippen LogP contribution in [0.1, 0.15) is 29.2 Å². The average Bonchev–Trinajstić information content (AvgIpc) is 2.64. The number of carbonyl (C=O) groups is 1. The van der Waals surface area contributed by atoms with Crippen molar-refractivity contribution in [1.82, 2.24) is 14.9 Å². The van der Waals surface area contributed by atoms with Gasteiger partial charge in [0.1, 0.15) is 11.0 Å². The van der Waals surface area contributed by atoms with Crippen molar-refractivity contribution in [1.29, 1.82) is 0 Å². The van der Waals surface area contributed by atoms with Gasteiger partial charge in [0.15, 0.2) is 5.69 Å². The fraction of sp³-hybridized carbons (Fsp3) is 0.600. The van der Waals surface area contributed by atoms with E-state index in [1.54, 1.807) is 0 Å². The van der Waals surface area contributed by atoms with Gasteiger partial charge in [0.2, 0.25) is 0 Å². The molecule has 0 aromatic carbocycles. The van der Waals surface area contributed by atoms with E-state index in [4.69, 9.17) is 11.6 Å². The fourth-order valence-electron chi connectivity index (χ4n) is 1.85. The first-order valence-corrected chi connectivity index (χ1v) is 6.39. The highest BCUT2D eigenvalue weighted by atomic mass is 35.5. The first kappa shape index (κ1) is 11.8. The molecule has 1 aromatic heterocycles. The SMILES string of the molecule is O=C(NCCS)c1nc2n(c1Cl)CCCC2. The van der Waals surface area contributed by atoms with Gasteiger partial charge in [-0.05, 0) is 12.8 Å². The third-order valence-corrected chi connectivity index (χ3v) is 3.24. The highest BCUT2D eigenvalue weighted by Crippen LogP contribution is 2.23. The maximum absolute atomic E-state index is 11.7. The molecule has 4 nitrogen and oxygen atoms in total. The number of fused-ring (bicyclic) bond motifs is 1. The summed E-state index contributed by atoms with van der Waals surface area (Å²) in [6.45, 7) is 1.39. The van der Waals surface area contributed by atoms with Crippen LogP contribution in [0.3, 0.4) is 0 Å². The molecular formula is C10H14ClN3OS. The lowest BCUT2D eigenvalue weighted by Crippen LogP contribution is -2.26. The van der Waals surface area contributed by atoms with Crippen molar-refractivity contribution in [3.05, 3.63) is 16.7 Å². The van der Waals surface area contributed by atoms with Gasteiger partial charge in [-0.25, -0.2) is 4.98 Å². The van der Waals surface area contributed by atoms with Crippen molar-refractivity contribution in [2.45, 2.75) is 25.8 Å². The molecule has 0 aliphatic carbocycles. The molecule has 88 valence electrons. The third-order valence-electron chi connectivity index (χ3n) is 2.63. The van der Waals surface area contributed by atoms with Gasteiger partial charge in [0, 0.05) is 25.3 Å². The molecule has 2 rings (SSSR count). The number of thiol groups is 1. The lowest BCUT2D eigenvalue weighted by atomic mass is 10.2. The lowest BCUT2D eigenvalue weighted by molar-refractivity contribution is 0.0951. The van der Waals surface area contributed by atoms with Crippen LogP contribution in [0.15, 0.2) is 0 Å². The van der Waals surface area contributed by atoms with E-state index in [0.29, 0.717) is 23.1 Å². The largest absolute Gasteiger partial charge is 0.350 e. The second kappa shape index (κ2) is 5.10. The van der Waals surface area contributed by atoms with Gasteiger partial charge in [-0.3, -0.25) is 4.79 Å². The minimum atomic E-state index is -0.207. The summed E-state index contributed by atoms with van der Waals surface area (Å²) < 4.78 is 1.93. The molecule has 1 amide bonds. The highest BCUT2D eigenvalue weighted by Gasteiger charge is 2.22. The summed E-state index contributed by atoms with van der Waals surface area (Å²) in [5.41, 5.74) is 0.348. The van der Waals surface area contributed by atoms with Gasteiger partial charge < -0.3 is 9.88 Å². The van der Waals surface area contributed by atoms with Crippen LogP contribution in [0.4, 0.5) is 0 Å². The monoisotopic (exact) mass is 259 g/mol. The van der Waals surface area contributed by atoms with Crippen molar-refractivity contribution >= 4 is 30.1 Å². The topological polar surface area (TPSA) is 46.9 Å². The number of halogens is 1. The van der Waals surface area contributed by atoms with Crippen LogP contribution in [0.5, 0.6) is 0 Å². The number of aryl methyl sites for hydroxylation is 1. The average molecular weight is 260 g/mol. The van der Waals surface area contributed by atoms with E-state index >= 15 is 0 Å². The molecule has 0 spiro atoms. The number of hydrogen-bond donors (Lipinski definition) is 2. The molecule has 1 aliphatic heterocycles. The van der Waals surface area contributed by atoms with Crippen LogP contribution in [-0.4, -0.2) is 27.8 Å². The Labute approximate surface area is 105 Å². The Bertz CT molecular complexity index is 405. The first-order chi connectivity index (χ1) is 7.74. The van der Waals surface area contributed by atoms with Gasteiger partial charge >= 0.3 is 0 Å². The number of nitrogens with one attached hydrogen (secondary N) is 1. The smallest absolute Gasteiger partial charge is 0.273 e. The van der Waals surface area contributed by atoms with E-state index in [-0.39, 0.29) is 5.91 Å². The molecule has 0 bridgehead atoms. The number of imidazole rings is 1. The zero-order valence-corrected chi connectivity index (χ0v) is 10.5. The van der Waals surface area contributed by atoms with E-state index in [2.05, 4.69) is 22.9 Å². The zero-order valence-electron chi connectivity index (χ0n) is 8.87. The maximum Gasteiger partial charge on any atom is 0.273 e. The summed E-state index contributed by atoms with van der Waals surface area (Å²) in [7, 11) is 0. The summed E-state index contributed by atoms with van der Waals surface area (Å²) in [6.07, 6.45) is 3.12. The van der Waals surface area contributed by atoms with Crippen molar-refractivity contribution in [3.8, 4) is 0 Å². The maximum atomic E-state index is 11.7. The minimum Gasteiger partial charge on any atom is -0.350 e. The van der Waals surface area contributed by atoms with E-state index in [1.165, 1.54) is 0 Å². The van der Waals surface area contributed by atoms with Gasteiger partial charge in [0.25, 0.3) is 5.91 Å². The molecule has 0 saturated heterocycles. The molecule has 0 atom stereocenters. The molecule has 1 N–H and O–H groups in total. The van der Waals surface area contributed by atoms with Crippen LogP contribution in [0, 0.1) is 0 Å². The predicted molar refractivity (Wildman–Crippen MR) is 66.4 cm³/mol. The first-order valence-electron chi connectivity index (χ1n) is 5.38. The van der Waals surface area contributed by atoms with Crippen molar-refractivity contribution in [3.63, 3.8) is 0 Å². The summed E-state index contributed by atoms with van der Waals surface area (Å²) >= 11 is 10.2. The van der Waals surface area contributed by atoms with Crippen molar-refractivity contribution < 1.29 is 4.79 Å². The van der Waals surface area contributed by atoms with Crippen molar-refractivity contribution in [2.75, 3.05) is 12.3 Å². The summed E-state index contributed by atoms with van der Waals surface area (Å²) in [6, 6.07) is 0. The summed E-state index contributed by atoms with van der Waals surface area (Å²) in [5.74, 6) is 1.32. The van der Waals surface area contributed by atoms with Crippen LogP contribution in [-0.2, 0) is 13.0 Å². The van der Waals surface area contributed by atoms with Crippen LogP contribution >= 0.6 is 24.2 Å². The molecule has 0 unspecified atom stereocenters. The van der Waals surface area contributed by atoms with Gasteiger partial charge in [-0.15, -0.1) is 0 Å². The van der Waals surface area contributed by atoms with Gasteiger partial charge in [-0.2, -0.15) is 12.6 Å². The van der Waals surface area contributed by atoms with E-state index in [0.717, 1.165) is 31.6 Å². The fourth-order valence-corrected chi connectivity index (χ4v) is 2.27. The quantitative estimate of drug-likeness (QED) is 0.809. The van der Waals surface area contributed by atoms with Gasteiger partial charge in [-0.1, -0.05) is 11.6 Å². The second-order valence-electron chi connectivity index (χ2n) is 3.76. The Kier molecular flexibility index (Phi) is 3.76.